The SMILES string of the molecule is CC(=O)c1ccc(N)c(I)c1C(F)F. The molecule has 0 aromatic heterocycles. The molecule has 14 heavy (non-hydrogen) atoms. The number of rotatable bonds is 2. The van der Waals surface area contributed by atoms with Crippen LogP contribution >= 0.6 is 22.6 Å². The van der Waals surface area contributed by atoms with E-state index in [1.165, 1.54) is 19.1 Å². The Morgan fingerprint density at radius 2 is 2.07 bits per heavy atom. The van der Waals surface area contributed by atoms with E-state index in [1.54, 1.807) is 22.6 Å². The molecular formula is C9H8F2INO. The lowest BCUT2D eigenvalue weighted by Gasteiger charge is -2.10. The highest BCUT2D eigenvalue weighted by atomic mass is 127. The molecule has 0 bridgehead atoms. The fraction of sp³-hybridized carbons (Fsp3) is 0.222. The van der Waals surface area contributed by atoms with Gasteiger partial charge in [-0.25, -0.2) is 8.78 Å². The number of hydrogen-bond acceptors (Lipinski definition) is 2. The number of alkyl halides is 2. The molecule has 0 amide bonds. The number of nitrogen functional groups attached to an aromatic ring is 1. The van der Waals surface area contributed by atoms with Gasteiger partial charge >= 0.3 is 0 Å². The van der Waals surface area contributed by atoms with E-state index >= 15 is 0 Å². The van der Waals surface area contributed by atoms with Crippen molar-refractivity contribution in [3.05, 3.63) is 26.8 Å². The zero-order valence-corrected chi connectivity index (χ0v) is 9.51. The minimum absolute atomic E-state index is 0.0404. The van der Waals surface area contributed by atoms with Crippen LogP contribution in [0.1, 0.15) is 29.3 Å². The number of ketones is 1. The molecule has 0 unspecified atom stereocenters. The van der Waals surface area contributed by atoms with E-state index in [1.807, 2.05) is 0 Å². The smallest absolute Gasteiger partial charge is 0.265 e. The highest BCUT2D eigenvalue weighted by molar-refractivity contribution is 14.1. The molecule has 1 rings (SSSR count). The standard InChI is InChI=1S/C9H8F2INO/c1-4(14)5-2-3-6(13)8(12)7(5)9(10)11/h2-3,9H,13H2,1H3. The molecule has 1 aromatic rings. The molecular weight excluding hydrogens is 303 g/mol. The summed E-state index contributed by atoms with van der Waals surface area (Å²) in [6.07, 6.45) is -2.68. The number of nitrogens with two attached hydrogens (primary N) is 1. The van der Waals surface area contributed by atoms with Crippen LogP contribution in [-0.4, -0.2) is 5.78 Å². The number of anilines is 1. The molecule has 0 saturated heterocycles. The number of carbonyl (C=O) groups excluding carboxylic acids is 1. The largest absolute Gasteiger partial charge is 0.398 e. The van der Waals surface area contributed by atoms with Gasteiger partial charge in [0.25, 0.3) is 6.43 Å². The first-order valence-corrected chi connectivity index (χ1v) is 4.90. The summed E-state index contributed by atoms with van der Waals surface area (Å²) in [6, 6.07) is 2.80. The number of halogens is 3. The molecule has 5 heteroatoms. The van der Waals surface area contributed by atoms with Gasteiger partial charge in [-0.3, -0.25) is 4.79 Å². The normalized spacial score (nSPS) is 10.6. The average molecular weight is 311 g/mol. The Balaban J connectivity index is 3.45. The molecule has 0 aliphatic heterocycles. The van der Waals surface area contributed by atoms with E-state index in [9.17, 15) is 13.6 Å². The van der Waals surface area contributed by atoms with Crippen LogP contribution in [0.3, 0.4) is 0 Å². The van der Waals surface area contributed by atoms with Gasteiger partial charge in [0.1, 0.15) is 0 Å². The van der Waals surface area contributed by atoms with Crippen LogP contribution in [0.2, 0.25) is 0 Å². The van der Waals surface area contributed by atoms with Crippen LogP contribution in [0.5, 0.6) is 0 Å². The summed E-state index contributed by atoms with van der Waals surface area (Å²) in [6.45, 7) is 1.26. The van der Waals surface area contributed by atoms with Crippen molar-refractivity contribution in [2.45, 2.75) is 13.3 Å². The molecule has 0 aliphatic rings. The molecule has 0 atom stereocenters. The van der Waals surface area contributed by atoms with Gasteiger partial charge in [0, 0.05) is 20.4 Å². The lowest BCUT2D eigenvalue weighted by atomic mass is 10.0. The molecule has 0 saturated carbocycles. The molecule has 0 aliphatic carbocycles. The van der Waals surface area contributed by atoms with Crippen LogP contribution in [0, 0.1) is 3.57 Å². The summed E-state index contributed by atoms with van der Waals surface area (Å²) in [7, 11) is 0. The maximum absolute atomic E-state index is 12.6. The topological polar surface area (TPSA) is 43.1 Å². The average Bonchev–Trinajstić information content (AvgIpc) is 2.08. The van der Waals surface area contributed by atoms with Crippen LogP contribution < -0.4 is 5.73 Å². The van der Waals surface area contributed by atoms with Crippen LogP contribution in [0.15, 0.2) is 12.1 Å². The van der Waals surface area contributed by atoms with Crippen LogP contribution in [0.4, 0.5) is 14.5 Å². The third-order valence-electron chi connectivity index (χ3n) is 1.81. The predicted octanol–water partition coefficient (Wildman–Crippen LogP) is 3.01. The Labute approximate surface area is 93.6 Å². The first kappa shape index (κ1) is 11.4. The van der Waals surface area contributed by atoms with Gasteiger partial charge in [-0.1, -0.05) is 0 Å². The second-order valence-electron chi connectivity index (χ2n) is 2.79. The molecule has 0 spiro atoms. The molecule has 0 radical (unpaired) electrons. The number of carbonyl (C=O) groups is 1. The minimum Gasteiger partial charge on any atom is -0.398 e. The number of hydrogen-bond donors (Lipinski definition) is 1. The second kappa shape index (κ2) is 4.20. The van der Waals surface area contributed by atoms with E-state index in [-0.39, 0.29) is 26.2 Å². The van der Waals surface area contributed by atoms with Crippen molar-refractivity contribution in [1.82, 2.24) is 0 Å². The highest BCUT2D eigenvalue weighted by Gasteiger charge is 2.20. The summed E-state index contributed by atoms with van der Waals surface area (Å²) >= 11 is 1.72. The first-order valence-electron chi connectivity index (χ1n) is 3.82. The minimum atomic E-state index is -2.68. The number of Topliss-reactive ketones (excluding diaryl/α,β-unsaturated/α-hetero) is 1. The Kier molecular flexibility index (Phi) is 3.41. The zero-order valence-electron chi connectivity index (χ0n) is 7.35. The van der Waals surface area contributed by atoms with Gasteiger partial charge in [-0.05, 0) is 41.6 Å². The van der Waals surface area contributed by atoms with Crippen molar-refractivity contribution in [1.29, 1.82) is 0 Å². The van der Waals surface area contributed by atoms with Crippen molar-refractivity contribution in [3.63, 3.8) is 0 Å². The molecule has 0 heterocycles. The summed E-state index contributed by atoms with van der Waals surface area (Å²) in [5.74, 6) is -0.377. The van der Waals surface area contributed by atoms with Crippen molar-refractivity contribution in [2.75, 3.05) is 5.73 Å². The van der Waals surface area contributed by atoms with Crippen molar-refractivity contribution in [2.24, 2.45) is 0 Å². The third-order valence-corrected chi connectivity index (χ3v) is 3.01. The van der Waals surface area contributed by atoms with E-state index in [2.05, 4.69) is 0 Å². The van der Waals surface area contributed by atoms with E-state index in [4.69, 9.17) is 5.73 Å². The van der Waals surface area contributed by atoms with Crippen molar-refractivity contribution in [3.8, 4) is 0 Å². The second-order valence-corrected chi connectivity index (χ2v) is 3.87. The fourth-order valence-electron chi connectivity index (χ4n) is 1.13. The lowest BCUT2D eigenvalue weighted by molar-refractivity contribution is 0.0998. The lowest BCUT2D eigenvalue weighted by Crippen LogP contribution is -2.05. The first-order chi connectivity index (χ1) is 6.45. The van der Waals surface area contributed by atoms with E-state index in [0.29, 0.717) is 0 Å². The monoisotopic (exact) mass is 311 g/mol. The Morgan fingerprint density at radius 1 is 1.50 bits per heavy atom. The Bertz CT molecular complexity index is 379. The molecule has 0 fully saturated rings. The van der Waals surface area contributed by atoms with Gasteiger partial charge in [0.05, 0.1) is 0 Å². The molecule has 1 aromatic carbocycles. The van der Waals surface area contributed by atoms with Gasteiger partial charge in [0.15, 0.2) is 5.78 Å². The maximum Gasteiger partial charge on any atom is 0.265 e. The zero-order chi connectivity index (χ0) is 10.9. The molecule has 2 N–H and O–H groups in total. The highest BCUT2D eigenvalue weighted by Crippen LogP contribution is 2.31. The maximum atomic E-state index is 12.6. The van der Waals surface area contributed by atoms with Gasteiger partial charge in [0.2, 0.25) is 0 Å². The number of benzene rings is 1. The predicted molar refractivity (Wildman–Crippen MR) is 58.5 cm³/mol. The van der Waals surface area contributed by atoms with Crippen molar-refractivity contribution >= 4 is 34.1 Å². The van der Waals surface area contributed by atoms with E-state index in [0.717, 1.165) is 0 Å². The van der Waals surface area contributed by atoms with Crippen molar-refractivity contribution < 1.29 is 13.6 Å². The van der Waals surface area contributed by atoms with Gasteiger partial charge in [-0.2, -0.15) is 0 Å². The summed E-state index contributed by atoms with van der Waals surface area (Å²) in [5.41, 5.74) is 5.52. The molecule has 2 nitrogen and oxygen atoms in total. The Hall–Kier alpha value is -0.720. The Morgan fingerprint density at radius 3 is 2.50 bits per heavy atom. The summed E-state index contributed by atoms with van der Waals surface area (Å²) < 4.78 is 25.5. The van der Waals surface area contributed by atoms with E-state index < -0.39 is 6.43 Å². The fourth-order valence-corrected chi connectivity index (χ4v) is 1.84. The van der Waals surface area contributed by atoms with Crippen LogP contribution in [-0.2, 0) is 0 Å². The quantitative estimate of drug-likeness (QED) is 0.518. The summed E-state index contributed by atoms with van der Waals surface area (Å²) in [5, 5.41) is 0. The van der Waals surface area contributed by atoms with Gasteiger partial charge in [-0.15, -0.1) is 0 Å². The van der Waals surface area contributed by atoms with Gasteiger partial charge < -0.3 is 5.73 Å². The molecule has 76 valence electrons. The van der Waals surface area contributed by atoms with Crippen LogP contribution in [0.25, 0.3) is 0 Å². The third kappa shape index (κ3) is 2.02. The summed E-state index contributed by atoms with van der Waals surface area (Å²) in [4.78, 5) is 11.1.